The zero-order chi connectivity index (χ0) is 21.8. The standard InChI is InChI=1S/C22H19BrClN5O2/c1-15-12-21(27-29(15)13-16-4-2-3-5-19(16)24)25-22(30)20-10-11-28(26-20)14-31-18-8-6-17(23)7-9-18/h2-12H,13-14H2,1H3,(H,25,27,30). The third-order valence-corrected chi connectivity index (χ3v) is 5.45. The van der Waals surface area contributed by atoms with Crippen molar-refractivity contribution in [2.75, 3.05) is 5.32 Å². The van der Waals surface area contributed by atoms with Crippen LogP contribution < -0.4 is 10.1 Å². The number of ether oxygens (including phenoxy) is 1. The van der Waals surface area contributed by atoms with Crippen molar-refractivity contribution < 1.29 is 9.53 Å². The SMILES string of the molecule is Cc1cc(NC(=O)c2ccn(COc3ccc(Br)cc3)n2)nn1Cc1ccccc1Cl. The normalized spacial score (nSPS) is 10.8. The van der Waals surface area contributed by atoms with E-state index in [0.717, 1.165) is 15.7 Å². The minimum Gasteiger partial charge on any atom is -0.471 e. The van der Waals surface area contributed by atoms with Crippen molar-refractivity contribution in [1.82, 2.24) is 19.6 Å². The highest BCUT2D eigenvalue weighted by atomic mass is 79.9. The van der Waals surface area contributed by atoms with Crippen molar-refractivity contribution in [2.45, 2.75) is 20.2 Å². The maximum absolute atomic E-state index is 12.6. The molecule has 1 amide bonds. The molecule has 0 spiro atoms. The monoisotopic (exact) mass is 499 g/mol. The van der Waals surface area contributed by atoms with Crippen molar-refractivity contribution in [3.8, 4) is 5.75 Å². The van der Waals surface area contributed by atoms with Crippen LogP contribution in [0.1, 0.15) is 21.7 Å². The Morgan fingerprint density at radius 3 is 2.68 bits per heavy atom. The molecule has 2 aromatic carbocycles. The number of anilines is 1. The molecule has 2 heterocycles. The fraction of sp³-hybridized carbons (Fsp3) is 0.136. The molecule has 0 radical (unpaired) electrons. The molecule has 0 saturated carbocycles. The summed E-state index contributed by atoms with van der Waals surface area (Å²) in [7, 11) is 0. The van der Waals surface area contributed by atoms with Gasteiger partial charge in [-0.2, -0.15) is 10.2 Å². The number of aromatic nitrogens is 4. The molecule has 1 N–H and O–H groups in total. The van der Waals surface area contributed by atoms with Crippen LogP contribution in [-0.2, 0) is 13.3 Å². The van der Waals surface area contributed by atoms with Gasteiger partial charge in [-0.3, -0.25) is 9.48 Å². The van der Waals surface area contributed by atoms with Crippen molar-refractivity contribution >= 4 is 39.3 Å². The molecule has 0 aliphatic carbocycles. The van der Waals surface area contributed by atoms with E-state index in [9.17, 15) is 4.79 Å². The summed E-state index contributed by atoms with van der Waals surface area (Å²) in [6.07, 6.45) is 1.69. The summed E-state index contributed by atoms with van der Waals surface area (Å²) in [5, 5.41) is 12.2. The summed E-state index contributed by atoms with van der Waals surface area (Å²) < 4.78 is 9.99. The second-order valence-corrected chi connectivity index (χ2v) is 8.16. The molecule has 0 saturated heterocycles. The number of hydrogen-bond donors (Lipinski definition) is 1. The van der Waals surface area contributed by atoms with E-state index in [1.165, 1.54) is 0 Å². The summed E-state index contributed by atoms with van der Waals surface area (Å²) in [6.45, 7) is 2.64. The summed E-state index contributed by atoms with van der Waals surface area (Å²) in [6, 6.07) is 18.5. The molecule has 158 valence electrons. The molecule has 0 aliphatic heterocycles. The van der Waals surface area contributed by atoms with E-state index in [4.69, 9.17) is 16.3 Å². The molecule has 0 fully saturated rings. The fourth-order valence-corrected chi connectivity index (χ4v) is 3.39. The highest BCUT2D eigenvalue weighted by Gasteiger charge is 2.13. The van der Waals surface area contributed by atoms with Crippen molar-refractivity contribution in [3.05, 3.63) is 93.3 Å². The smallest absolute Gasteiger partial charge is 0.277 e. The van der Waals surface area contributed by atoms with E-state index in [2.05, 4.69) is 31.4 Å². The molecule has 0 atom stereocenters. The van der Waals surface area contributed by atoms with E-state index >= 15 is 0 Å². The summed E-state index contributed by atoms with van der Waals surface area (Å²) in [4.78, 5) is 12.6. The highest BCUT2D eigenvalue weighted by Crippen LogP contribution is 2.19. The first-order valence-corrected chi connectivity index (χ1v) is 10.7. The topological polar surface area (TPSA) is 74.0 Å². The lowest BCUT2D eigenvalue weighted by Crippen LogP contribution is -2.15. The number of nitrogens with zero attached hydrogens (tertiary/aromatic N) is 4. The van der Waals surface area contributed by atoms with Crippen LogP contribution in [0.4, 0.5) is 5.82 Å². The van der Waals surface area contributed by atoms with E-state index in [-0.39, 0.29) is 18.3 Å². The second-order valence-electron chi connectivity index (χ2n) is 6.84. The molecule has 7 nitrogen and oxygen atoms in total. The van der Waals surface area contributed by atoms with Gasteiger partial charge in [0.25, 0.3) is 5.91 Å². The number of benzene rings is 2. The number of nitrogens with one attached hydrogen (secondary N) is 1. The lowest BCUT2D eigenvalue weighted by atomic mass is 10.2. The maximum atomic E-state index is 12.6. The zero-order valence-corrected chi connectivity index (χ0v) is 19.0. The maximum Gasteiger partial charge on any atom is 0.277 e. The van der Waals surface area contributed by atoms with Crippen LogP contribution in [0.15, 0.2) is 71.3 Å². The van der Waals surface area contributed by atoms with Gasteiger partial charge in [-0.1, -0.05) is 45.7 Å². The Balaban J connectivity index is 1.37. The van der Waals surface area contributed by atoms with E-state index in [0.29, 0.717) is 23.1 Å². The Labute approximate surface area is 192 Å². The van der Waals surface area contributed by atoms with Gasteiger partial charge >= 0.3 is 0 Å². The molecule has 31 heavy (non-hydrogen) atoms. The van der Waals surface area contributed by atoms with E-state index < -0.39 is 0 Å². The average molecular weight is 501 g/mol. The lowest BCUT2D eigenvalue weighted by Gasteiger charge is -2.06. The van der Waals surface area contributed by atoms with Gasteiger partial charge in [0.1, 0.15) is 5.75 Å². The molecule has 0 bridgehead atoms. The van der Waals surface area contributed by atoms with Gasteiger partial charge in [0.2, 0.25) is 0 Å². The summed E-state index contributed by atoms with van der Waals surface area (Å²) in [5.41, 5.74) is 2.14. The van der Waals surface area contributed by atoms with Crippen LogP contribution in [0.5, 0.6) is 5.75 Å². The Kier molecular flexibility index (Phi) is 6.39. The van der Waals surface area contributed by atoms with Crippen LogP contribution in [-0.4, -0.2) is 25.5 Å². The number of aryl methyl sites for hydroxylation is 1. The van der Waals surface area contributed by atoms with Gasteiger partial charge in [0.15, 0.2) is 18.2 Å². The quantitative estimate of drug-likeness (QED) is 0.381. The van der Waals surface area contributed by atoms with Gasteiger partial charge in [0.05, 0.1) is 6.54 Å². The van der Waals surface area contributed by atoms with Crippen LogP contribution in [0, 0.1) is 6.92 Å². The van der Waals surface area contributed by atoms with E-state index in [1.54, 1.807) is 21.6 Å². The van der Waals surface area contributed by atoms with Gasteiger partial charge in [-0.05, 0) is 48.9 Å². The first kappa shape index (κ1) is 21.1. The van der Waals surface area contributed by atoms with Gasteiger partial charge in [-0.15, -0.1) is 0 Å². The van der Waals surface area contributed by atoms with Crippen molar-refractivity contribution in [2.24, 2.45) is 0 Å². The molecule has 2 aromatic heterocycles. The molecular weight excluding hydrogens is 482 g/mol. The number of rotatable bonds is 7. The summed E-state index contributed by atoms with van der Waals surface area (Å²) >= 11 is 9.62. The molecular formula is C22H19BrClN5O2. The van der Waals surface area contributed by atoms with Gasteiger partial charge in [-0.25, -0.2) is 4.68 Å². The van der Waals surface area contributed by atoms with Crippen LogP contribution in [0.3, 0.4) is 0 Å². The van der Waals surface area contributed by atoms with E-state index in [1.807, 2.05) is 61.5 Å². The second kappa shape index (κ2) is 9.36. The minimum atomic E-state index is -0.343. The van der Waals surface area contributed by atoms with Crippen molar-refractivity contribution in [3.63, 3.8) is 0 Å². The largest absolute Gasteiger partial charge is 0.471 e. The number of hydrogen-bond acceptors (Lipinski definition) is 4. The minimum absolute atomic E-state index is 0.195. The highest BCUT2D eigenvalue weighted by molar-refractivity contribution is 9.10. The molecule has 0 unspecified atom stereocenters. The predicted molar refractivity (Wildman–Crippen MR) is 122 cm³/mol. The number of carbonyl (C=O) groups excluding carboxylic acids is 1. The first-order chi connectivity index (χ1) is 15.0. The number of amides is 1. The predicted octanol–water partition coefficient (Wildman–Crippen LogP) is 5.14. The first-order valence-electron chi connectivity index (χ1n) is 9.49. The molecule has 9 heteroatoms. The van der Waals surface area contributed by atoms with Crippen molar-refractivity contribution in [1.29, 1.82) is 0 Å². The fourth-order valence-electron chi connectivity index (χ4n) is 2.93. The van der Waals surface area contributed by atoms with Crippen LogP contribution >= 0.6 is 27.5 Å². The van der Waals surface area contributed by atoms with Crippen LogP contribution in [0.25, 0.3) is 0 Å². The van der Waals surface area contributed by atoms with Gasteiger partial charge in [0, 0.05) is 27.5 Å². The Morgan fingerprint density at radius 1 is 1.13 bits per heavy atom. The summed E-state index contributed by atoms with van der Waals surface area (Å²) in [5.74, 6) is 0.823. The zero-order valence-electron chi connectivity index (χ0n) is 16.6. The third kappa shape index (κ3) is 5.34. The lowest BCUT2D eigenvalue weighted by molar-refractivity contribution is 0.101. The third-order valence-electron chi connectivity index (χ3n) is 4.55. The molecule has 4 rings (SSSR count). The van der Waals surface area contributed by atoms with Crippen LogP contribution in [0.2, 0.25) is 5.02 Å². The molecule has 0 aliphatic rings. The number of carbonyl (C=O) groups is 1. The Morgan fingerprint density at radius 2 is 1.90 bits per heavy atom. The van der Waals surface area contributed by atoms with Gasteiger partial charge < -0.3 is 10.1 Å². The Hall–Kier alpha value is -3.10. The number of halogens is 2. The Bertz CT molecular complexity index is 1200. The molecule has 4 aromatic rings. The average Bonchev–Trinajstić information content (AvgIpc) is 3.36.